The first-order valence-electron chi connectivity index (χ1n) is 7.87. The van der Waals surface area contributed by atoms with E-state index in [0.717, 1.165) is 44.1 Å². The number of aromatic nitrogens is 1. The van der Waals surface area contributed by atoms with E-state index in [4.69, 9.17) is 4.74 Å². The molecule has 3 heteroatoms. The summed E-state index contributed by atoms with van der Waals surface area (Å²) in [4.78, 5) is 4.61. The number of nitrogens with zero attached hydrogens (tertiary/aromatic N) is 1. The molecule has 0 atom stereocenters. The van der Waals surface area contributed by atoms with Gasteiger partial charge in [0.25, 0.3) is 0 Å². The van der Waals surface area contributed by atoms with Crippen LogP contribution in [0.1, 0.15) is 64.6 Å². The second-order valence-corrected chi connectivity index (χ2v) is 6.10. The first kappa shape index (κ1) is 17.0. The van der Waals surface area contributed by atoms with E-state index < -0.39 is 0 Å². The second kappa shape index (κ2) is 8.96. The molecule has 1 N–H and O–H groups in total. The summed E-state index contributed by atoms with van der Waals surface area (Å²) < 4.78 is 5.82. The zero-order valence-electron chi connectivity index (χ0n) is 13.7. The van der Waals surface area contributed by atoms with Gasteiger partial charge in [-0.3, -0.25) is 0 Å². The molecular formula is C17H30N2O. The lowest BCUT2D eigenvalue weighted by molar-refractivity contribution is 0.278. The van der Waals surface area contributed by atoms with Crippen LogP contribution in [0.2, 0.25) is 0 Å². The van der Waals surface area contributed by atoms with Crippen molar-refractivity contribution in [3.63, 3.8) is 0 Å². The monoisotopic (exact) mass is 278 g/mol. The van der Waals surface area contributed by atoms with Gasteiger partial charge in [-0.05, 0) is 42.9 Å². The molecule has 0 saturated heterocycles. The molecule has 3 nitrogen and oxygen atoms in total. The topological polar surface area (TPSA) is 34.1 Å². The summed E-state index contributed by atoms with van der Waals surface area (Å²) in [5.41, 5.74) is 2.37. The predicted octanol–water partition coefficient (Wildman–Crippen LogP) is 4.13. The summed E-state index contributed by atoms with van der Waals surface area (Å²) in [7, 11) is 0. The normalized spacial score (nSPS) is 11.3. The maximum atomic E-state index is 5.82. The van der Waals surface area contributed by atoms with Gasteiger partial charge in [-0.1, -0.05) is 34.6 Å². The SMILES string of the molecule is CCCNCc1cc(OCCC(C)C)nc(C(C)C)c1. The first-order chi connectivity index (χ1) is 9.52. The Morgan fingerprint density at radius 3 is 2.55 bits per heavy atom. The fourth-order valence-corrected chi connectivity index (χ4v) is 1.86. The Labute approximate surface area is 124 Å². The van der Waals surface area contributed by atoms with Crippen LogP contribution in [0.15, 0.2) is 12.1 Å². The zero-order chi connectivity index (χ0) is 15.0. The Morgan fingerprint density at radius 1 is 1.20 bits per heavy atom. The molecule has 0 aliphatic heterocycles. The number of ether oxygens (including phenoxy) is 1. The van der Waals surface area contributed by atoms with Gasteiger partial charge in [0.05, 0.1) is 6.61 Å². The van der Waals surface area contributed by atoms with Crippen LogP contribution < -0.4 is 10.1 Å². The number of rotatable bonds is 9. The number of pyridine rings is 1. The van der Waals surface area contributed by atoms with Crippen molar-refractivity contribution in [1.82, 2.24) is 10.3 Å². The maximum absolute atomic E-state index is 5.82. The highest BCUT2D eigenvalue weighted by Gasteiger charge is 2.07. The Morgan fingerprint density at radius 2 is 1.95 bits per heavy atom. The third kappa shape index (κ3) is 6.38. The van der Waals surface area contributed by atoms with Crippen LogP contribution in [0.25, 0.3) is 0 Å². The van der Waals surface area contributed by atoms with Gasteiger partial charge in [0.2, 0.25) is 5.88 Å². The number of hydrogen-bond acceptors (Lipinski definition) is 3. The molecule has 0 aliphatic rings. The number of hydrogen-bond donors (Lipinski definition) is 1. The van der Waals surface area contributed by atoms with Crippen molar-refractivity contribution in [3.8, 4) is 5.88 Å². The van der Waals surface area contributed by atoms with Crippen molar-refractivity contribution >= 4 is 0 Å². The van der Waals surface area contributed by atoms with Crippen LogP contribution >= 0.6 is 0 Å². The minimum atomic E-state index is 0.425. The Kier molecular flexibility index (Phi) is 7.60. The van der Waals surface area contributed by atoms with E-state index >= 15 is 0 Å². The Hall–Kier alpha value is -1.09. The van der Waals surface area contributed by atoms with E-state index in [9.17, 15) is 0 Å². The van der Waals surface area contributed by atoms with E-state index in [0.29, 0.717) is 11.8 Å². The second-order valence-electron chi connectivity index (χ2n) is 6.10. The highest BCUT2D eigenvalue weighted by atomic mass is 16.5. The molecule has 0 spiro atoms. The molecule has 0 radical (unpaired) electrons. The van der Waals surface area contributed by atoms with Crippen LogP contribution in [0.5, 0.6) is 5.88 Å². The maximum Gasteiger partial charge on any atom is 0.213 e. The van der Waals surface area contributed by atoms with Gasteiger partial charge in [-0.15, -0.1) is 0 Å². The highest BCUT2D eigenvalue weighted by molar-refractivity contribution is 5.26. The largest absolute Gasteiger partial charge is 0.478 e. The van der Waals surface area contributed by atoms with Crippen molar-refractivity contribution in [3.05, 3.63) is 23.4 Å². The van der Waals surface area contributed by atoms with Crippen LogP contribution in [0.3, 0.4) is 0 Å². The quantitative estimate of drug-likeness (QED) is 0.690. The van der Waals surface area contributed by atoms with Crippen molar-refractivity contribution in [2.75, 3.05) is 13.2 Å². The summed E-state index contributed by atoms with van der Waals surface area (Å²) in [5, 5.41) is 3.44. The van der Waals surface area contributed by atoms with Crippen molar-refractivity contribution in [2.24, 2.45) is 5.92 Å². The highest BCUT2D eigenvalue weighted by Crippen LogP contribution is 2.19. The van der Waals surface area contributed by atoms with Gasteiger partial charge in [-0.25, -0.2) is 4.98 Å². The molecule has 0 saturated carbocycles. The molecule has 0 unspecified atom stereocenters. The molecule has 114 valence electrons. The third-order valence-corrected chi connectivity index (χ3v) is 3.17. The van der Waals surface area contributed by atoms with Crippen LogP contribution in [-0.2, 0) is 6.54 Å². The molecule has 0 bridgehead atoms. The lowest BCUT2D eigenvalue weighted by Gasteiger charge is -2.13. The van der Waals surface area contributed by atoms with E-state index in [1.165, 1.54) is 5.56 Å². The van der Waals surface area contributed by atoms with Gasteiger partial charge in [0.15, 0.2) is 0 Å². The summed E-state index contributed by atoms with van der Waals surface area (Å²) in [5.74, 6) is 1.85. The van der Waals surface area contributed by atoms with Gasteiger partial charge in [0, 0.05) is 18.3 Å². The van der Waals surface area contributed by atoms with Gasteiger partial charge in [0.1, 0.15) is 0 Å². The van der Waals surface area contributed by atoms with E-state index in [2.05, 4.69) is 57.1 Å². The Balaban J connectivity index is 2.71. The van der Waals surface area contributed by atoms with Crippen molar-refractivity contribution in [2.45, 2.75) is 59.9 Å². The first-order valence-corrected chi connectivity index (χ1v) is 7.87. The van der Waals surface area contributed by atoms with Gasteiger partial charge in [-0.2, -0.15) is 0 Å². The smallest absolute Gasteiger partial charge is 0.213 e. The number of nitrogens with one attached hydrogen (secondary N) is 1. The standard InChI is InChI=1S/C17H30N2O/c1-6-8-18-12-15-10-16(14(4)5)19-17(11-15)20-9-7-13(2)3/h10-11,13-14,18H,6-9,12H2,1-5H3. The lowest BCUT2D eigenvalue weighted by atomic mass is 10.1. The minimum Gasteiger partial charge on any atom is -0.478 e. The molecule has 1 heterocycles. The van der Waals surface area contributed by atoms with Gasteiger partial charge >= 0.3 is 0 Å². The Bertz CT molecular complexity index is 389. The molecule has 20 heavy (non-hydrogen) atoms. The fraction of sp³-hybridized carbons (Fsp3) is 0.706. The molecule has 0 aliphatic carbocycles. The summed E-state index contributed by atoms with van der Waals surface area (Å²) >= 11 is 0. The van der Waals surface area contributed by atoms with Crippen molar-refractivity contribution < 1.29 is 4.74 Å². The molecule has 0 aromatic carbocycles. The van der Waals surface area contributed by atoms with E-state index in [1.54, 1.807) is 0 Å². The van der Waals surface area contributed by atoms with Gasteiger partial charge < -0.3 is 10.1 Å². The molecule has 1 rings (SSSR count). The molecular weight excluding hydrogens is 248 g/mol. The average molecular weight is 278 g/mol. The molecule has 0 amide bonds. The average Bonchev–Trinajstić information content (AvgIpc) is 2.38. The summed E-state index contributed by atoms with van der Waals surface area (Å²) in [6, 6.07) is 4.25. The van der Waals surface area contributed by atoms with Crippen LogP contribution in [0.4, 0.5) is 0 Å². The minimum absolute atomic E-state index is 0.425. The fourth-order valence-electron chi connectivity index (χ4n) is 1.86. The summed E-state index contributed by atoms with van der Waals surface area (Å²) in [6.45, 7) is 13.6. The van der Waals surface area contributed by atoms with E-state index in [-0.39, 0.29) is 0 Å². The predicted molar refractivity (Wildman–Crippen MR) is 85.3 cm³/mol. The lowest BCUT2D eigenvalue weighted by Crippen LogP contribution is -2.14. The van der Waals surface area contributed by atoms with E-state index in [1.807, 2.05) is 0 Å². The summed E-state index contributed by atoms with van der Waals surface area (Å²) in [6.07, 6.45) is 2.22. The zero-order valence-corrected chi connectivity index (χ0v) is 13.7. The van der Waals surface area contributed by atoms with Crippen LogP contribution in [0, 0.1) is 5.92 Å². The van der Waals surface area contributed by atoms with Crippen molar-refractivity contribution in [1.29, 1.82) is 0 Å². The molecule has 0 fully saturated rings. The third-order valence-electron chi connectivity index (χ3n) is 3.17. The van der Waals surface area contributed by atoms with Crippen LogP contribution in [-0.4, -0.2) is 18.1 Å². The molecule has 1 aromatic rings. The molecule has 1 aromatic heterocycles.